The third kappa shape index (κ3) is 2.59. The molecule has 3 heterocycles. The van der Waals surface area contributed by atoms with Gasteiger partial charge in [-0.2, -0.15) is 0 Å². The van der Waals surface area contributed by atoms with Crippen LogP contribution in [-0.4, -0.2) is 30.3 Å². The van der Waals surface area contributed by atoms with E-state index in [9.17, 15) is 4.39 Å². The zero-order valence-electron chi connectivity index (χ0n) is 12.8. The molecule has 21 heavy (non-hydrogen) atoms. The molecule has 0 N–H and O–H groups in total. The number of pyridine rings is 1. The van der Waals surface area contributed by atoms with Gasteiger partial charge in [0.1, 0.15) is 6.17 Å². The summed E-state index contributed by atoms with van der Waals surface area (Å²) in [6.45, 7) is 7.18. The molecule has 1 fully saturated rings. The average molecular weight is 313 g/mol. The number of rotatable bonds is 1. The number of aromatic nitrogens is 1. The van der Waals surface area contributed by atoms with E-state index >= 15 is 0 Å². The van der Waals surface area contributed by atoms with E-state index in [2.05, 4.69) is 23.7 Å². The van der Waals surface area contributed by atoms with Gasteiger partial charge in [0, 0.05) is 24.2 Å². The van der Waals surface area contributed by atoms with Crippen LogP contribution in [0.4, 0.5) is 10.2 Å². The Balaban J connectivity index is 1.96. The SMILES string of the molecule is Cc1c(Cl)cnc2c1OCCC1CC(C(C)C)C(F)CN21. The van der Waals surface area contributed by atoms with Crippen molar-refractivity contribution in [1.29, 1.82) is 0 Å². The standard InChI is InChI=1S/C16H22ClFN2O/c1-9(2)12-6-11-4-5-21-15-10(3)13(17)7-19-16(15)20(11)8-14(12)18/h7,9,11-12,14H,4-6,8H2,1-3H3. The lowest BCUT2D eigenvalue weighted by Crippen LogP contribution is -2.50. The summed E-state index contributed by atoms with van der Waals surface area (Å²) >= 11 is 6.13. The molecule has 3 atom stereocenters. The van der Waals surface area contributed by atoms with Gasteiger partial charge in [-0.05, 0) is 25.2 Å². The Hall–Kier alpha value is -1.03. The lowest BCUT2D eigenvalue weighted by molar-refractivity contribution is 0.129. The predicted octanol–water partition coefficient (Wildman–Crippen LogP) is 4.01. The Morgan fingerprint density at radius 2 is 2.24 bits per heavy atom. The second-order valence-corrected chi connectivity index (χ2v) is 6.89. The van der Waals surface area contributed by atoms with Gasteiger partial charge >= 0.3 is 0 Å². The number of alkyl halides is 1. The van der Waals surface area contributed by atoms with Crippen molar-refractivity contribution in [3.63, 3.8) is 0 Å². The zero-order chi connectivity index (χ0) is 15.1. The maximum atomic E-state index is 14.5. The molecule has 1 aromatic heterocycles. The zero-order valence-corrected chi connectivity index (χ0v) is 13.5. The molecular formula is C16H22ClFN2O. The van der Waals surface area contributed by atoms with Gasteiger partial charge in [-0.15, -0.1) is 0 Å². The van der Waals surface area contributed by atoms with Gasteiger partial charge in [0.05, 0.1) is 18.2 Å². The molecule has 3 unspecified atom stereocenters. The molecule has 2 aliphatic heterocycles. The number of hydrogen-bond donors (Lipinski definition) is 0. The lowest BCUT2D eigenvalue weighted by atomic mass is 9.81. The largest absolute Gasteiger partial charge is 0.489 e. The summed E-state index contributed by atoms with van der Waals surface area (Å²) in [7, 11) is 0. The highest BCUT2D eigenvalue weighted by Crippen LogP contribution is 2.42. The molecule has 1 aromatic rings. The van der Waals surface area contributed by atoms with Crippen molar-refractivity contribution in [2.45, 2.75) is 45.8 Å². The van der Waals surface area contributed by atoms with E-state index in [0.717, 1.165) is 30.0 Å². The van der Waals surface area contributed by atoms with Crippen LogP contribution in [0.25, 0.3) is 0 Å². The molecule has 0 spiro atoms. The van der Waals surface area contributed by atoms with E-state index in [0.29, 0.717) is 30.1 Å². The quantitative estimate of drug-likeness (QED) is 0.783. The van der Waals surface area contributed by atoms with Crippen LogP contribution < -0.4 is 9.64 Å². The van der Waals surface area contributed by atoms with Crippen LogP contribution in [0.5, 0.6) is 5.75 Å². The van der Waals surface area contributed by atoms with Crippen LogP contribution in [0, 0.1) is 18.8 Å². The Labute approximate surface area is 130 Å². The molecule has 0 saturated carbocycles. The first kappa shape index (κ1) is 14.9. The number of nitrogens with zero attached hydrogens (tertiary/aromatic N) is 2. The van der Waals surface area contributed by atoms with E-state index in [-0.39, 0.29) is 5.92 Å². The summed E-state index contributed by atoms with van der Waals surface area (Å²) in [6, 6.07) is 0.304. The van der Waals surface area contributed by atoms with Gasteiger partial charge < -0.3 is 9.64 Å². The normalized spacial score (nSPS) is 28.7. The number of hydrogen-bond acceptors (Lipinski definition) is 3. The molecule has 3 rings (SSSR count). The van der Waals surface area contributed by atoms with Gasteiger partial charge in [0.25, 0.3) is 0 Å². The molecule has 0 amide bonds. The monoisotopic (exact) mass is 312 g/mol. The van der Waals surface area contributed by atoms with Gasteiger partial charge in [0.15, 0.2) is 11.6 Å². The third-order valence-electron chi connectivity index (χ3n) is 4.85. The van der Waals surface area contributed by atoms with E-state index in [1.54, 1.807) is 6.20 Å². The fraction of sp³-hybridized carbons (Fsp3) is 0.688. The van der Waals surface area contributed by atoms with Crippen molar-refractivity contribution in [2.24, 2.45) is 11.8 Å². The summed E-state index contributed by atoms with van der Waals surface area (Å²) in [5, 5.41) is 0.598. The highest BCUT2D eigenvalue weighted by Gasteiger charge is 2.40. The predicted molar refractivity (Wildman–Crippen MR) is 83.1 cm³/mol. The van der Waals surface area contributed by atoms with Gasteiger partial charge in [-0.25, -0.2) is 9.37 Å². The van der Waals surface area contributed by atoms with Crippen LogP contribution in [-0.2, 0) is 0 Å². The molecular weight excluding hydrogens is 291 g/mol. The van der Waals surface area contributed by atoms with E-state index in [4.69, 9.17) is 16.3 Å². The van der Waals surface area contributed by atoms with Crippen molar-refractivity contribution in [3.05, 3.63) is 16.8 Å². The second kappa shape index (κ2) is 5.64. The molecule has 0 bridgehead atoms. The van der Waals surface area contributed by atoms with Gasteiger partial charge in [0.2, 0.25) is 0 Å². The topological polar surface area (TPSA) is 25.4 Å². The number of anilines is 1. The van der Waals surface area contributed by atoms with Crippen LogP contribution in [0.15, 0.2) is 6.20 Å². The first-order valence-corrected chi connectivity index (χ1v) is 8.05. The van der Waals surface area contributed by atoms with Crippen molar-refractivity contribution < 1.29 is 9.13 Å². The van der Waals surface area contributed by atoms with Crippen molar-refractivity contribution >= 4 is 17.4 Å². The summed E-state index contributed by atoms with van der Waals surface area (Å²) in [5.74, 6) is 1.97. The smallest absolute Gasteiger partial charge is 0.172 e. The molecule has 5 heteroatoms. The third-order valence-corrected chi connectivity index (χ3v) is 5.23. The number of halogens is 2. The fourth-order valence-corrected chi connectivity index (χ4v) is 3.64. The van der Waals surface area contributed by atoms with Gasteiger partial charge in [-0.3, -0.25) is 0 Å². The number of fused-ring (bicyclic) bond motifs is 3. The summed E-state index contributed by atoms with van der Waals surface area (Å²) < 4.78 is 20.4. The molecule has 0 radical (unpaired) electrons. The van der Waals surface area contributed by atoms with Crippen LogP contribution in [0.2, 0.25) is 5.02 Å². The minimum absolute atomic E-state index is 0.126. The van der Waals surface area contributed by atoms with Crippen molar-refractivity contribution in [2.75, 3.05) is 18.1 Å². The molecule has 116 valence electrons. The summed E-state index contributed by atoms with van der Waals surface area (Å²) in [6.07, 6.45) is 2.60. The van der Waals surface area contributed by atoms with E-state index < -0.39 is 6.17 Å². The molecule has 3 nitrogen and oxygen atoms in total. The minimum atomic E-state index is -0.815. The summed E-state index contributed by atoms with van der Waals surface area (Å²) in [4.78, 5) is 6.52. The van der Waals surface area contributed by atoms with E-state index in [1.807, 2.05) is 6.92 Å². The Morgan fingerprint density at radius 3 is 2.95 bits per heavy atom. The maximum Gasteiger partial charge on any atom is 0.172 e. The van der Waals surface area contributed by atoms with Crippen molar-refractivity contribution in [1.82, 2.24) is 4.98 Å². The van der Waals surface area contributed by atoms with Gasteiger partial charge in [-0.1, -0.05) is 25.4 Å². The molecule has 2 aliphatic rings. The number of piperidine rings is 1. The summed E-state index contributed by atoms with van der Waals surface area (Å²) in [5.41, 5.74) is 0.892. The minimum Gasteiger partial charge on any atom is -0.489 e. The Morgan fingerprint density at radius 1 is 1.48 bits per heavy atom. The number of ether oxygens (including phenoxy) is 1. The maximum absolute atomic E-state index is 14.5. The second-order valence-electron chi connectivity index (χ2n) is 6.49. The van der Waals surface area contributed by atoms with Crippen LogP contribution in [0.3, 0.4) is 0 Å². The van der Waals surface area contributed by atoms with Crippen LogP contribution >= 0.6 is 11.6 Å². The fourth-order valence-electron chi connectivity index (χ4n) is 3.51. The van der Waals surface area contributed by atoms with E-state index in [1.165, 1.54) is 0 Å². The molecule has 0 aromatic carbocycles. The molecule has 0 aliphatic carbocycles. The Bertz CT molecular complexity index is 537. The first-order valence-electron chi connectivity index (χ1n) is 7.67. The van der Waals surface area contributed by atoms with Crippen LogP contribution in [0.1, 0.15) is 32.3 Å². The molecule has 1 saturated heterocycles. The lowest BCUT2D eigenvalue weighted by Gasteiger charge is -2.42. The first-order chi connectivity index (χ1) is 9.99. The van der Waals surface area contributed by atoms with Crippen molar-refractivity contribution in [3.8, 4) is 5.75 Å². The highest BCUT2D eigenvalue weighted by molar-refractivity contribution is 6.31. The average Bonchev–Trinajstić information content (AvgIpc) is 2.61. The highest BCUT2D eigenvalue weighted by atomic mass is 35.5. The Kier molecular flexibility index (Phi) is 4.00.